The fourth-order valence-electron chi connectivity index (χ4n) is 4.07. The number of ether oxygens (including phenoxy) is 2. The van der Waals surface area contributed by atoms with Gasteiger partial charge in [0.2, 0.25) is 11.8 Å². The molecule has 29 heavy (non-hydrogen) atoms. The van der Waals surface area contributed by atoms with Crippen molar-refractivity contribution in [1.29, 1.82) is 0 Å². The predicted molar refractivity (Wildman–Crippen MR) is 112 cm³/mol. The second kappa shape index (κ2) is 7.63. The van der Waals surface area contributed by atoms with E-state index >= 15 is 0 Å². The van der Waals surface area contributed by atoms with Crippen molar-refractivity contribution in [2.24, 2.45) is 13.0 Å². The van der Waals surface area contributed by atoms with E-state index in [0.717, 1.165) is 40.8 Å². The van der Waals surface area contributed by atoms with Crippen molar-refractivity contribution in [3.05, 3.63) is 30.6 Å². The third kappa shape index (κ3) is 3.92. The lowest BCUT2D eigenvalue weighted by Crippen LogP contribution is -2.39. The zero-order valence-electron chi connectivity index (χ0n) is 17.0. The molecule has 0 spiro atoms. The van der Waals surface area contributed by atoms with Gasteiger partial charge in [-0.3, -0.25) is 4.68 Å². The Kier molecular flexibility index (Phi) is 4.83. The number of fused-ring (bicyclic) bond motifs is 1. The summed E-state index contributed by atoms with van der Waals surface area (Å²) in [5.74, 6) is 2.07. The molecular formula is C22H27N5O2. The van der Waals surface area contributed by atoms with Crippen LogP contribution >= 0.6 is 0 Å². The minimum absolute atomic E-state index is 0.0501. The maximum Gasteiger partial charge on any atom is 0.226 e. The van der Waals surface area contributed by atoms with Crippen molar-refractivity contribution in [2.45, 2.75) is 44.8 Å². The highest BCUT2D eigenvalue weighted by atomic mass is 16.6. The van der Waals surface area contributed by atoms with Gasteiger partial charge in [-0.2, -0.15) is 10.1 Å². The highest BCUT2D eigenvalue weighted by Gasteiger charge is 2.24. The van der Waals surface area contributed by atoms with E-state index < -0.39 is 0 Å². The number of rotatable bonds is 5. The summed E-state index contributed by atoms with van der Waals surface area (Å²) in [4.78, 5) is 9.36. The fourth-order valence-corrected chi connectivity index (χ4v) is 4.07. The van der Waals surface area contributed by atoms with Crippen molar-refractivity contribution in [1.82, 2.24) is 19.7 Å². The summed E-state index contributed by atoms with van der Waals surface area (Å²) in [6, 6.07) is 6.62. The first-order chi connectivity index (χ1) is 14.1. The number of nitrogens with zero attached hydrogens (tertiary/aromatic N) is 4. The lowest BCUT2D eigenvalue weighted by Gasteiger charge is -2.28. The molecular weight excluding hydrogens is 366 g/mol. The first kappa shape index (κ1) is 18.4. The molecule has 1 aromatic carbocycles. The van der Waals surface area contributed by atoms with Gasteiger partial charge in [0, 0.05) is 30.9 Å². The highest BCUT2D eigenvalue weighted by Crippen LogP contribution is 2.33. The number of anilines is 1. The monoisotopic (exact) mass is 393 g/mol. The Morgan fingerprint density at radius 3 is 2.76 bits per heavy atom. The summed E-state index contributed by atoms with van der Waals surface area (Å²) in [7, 11) is 1.93. The van der Waals surface area contributed by atoms with E-state index in [1.165, 1.54) is 12.8 Å². The van der Waals surface area contributed by atoms with Crippen LogP contribution in [0.25, 0.3) is 22.0 Å². The molecule has 3 aromatic rings. The molecule has 7 nitrogen and oxygen atoms in total. The molecule has 5 rings (SSSR count). The second-order valence-corrected chi connectivity index (χ2v) is 8.37. The van der Waals surface area contributed by atoms with E-state index in [-0.39, 0.29) is 6.10 Å². The summed E-state index contributed by atoms with van der Waals surface area (Å²) < 4.78 is 13.3. The lowest BCUT2D eigenvalue weighted by molar-refractivity contribution is -0.0810. The number of hydrogen-bond acceptors (Lipinski definition) is 6. The standard InChI is InChI=1S/C22H27N5O2/c1-14-3-6-17(7-4-14)24-22-23-10-19(21(25-22)29-18-12-28-13-18)15-5-8-20-16(9-15)11-27(2)26-20/h5,8-11,14,17-18H,3-4,6-7,12-13H2,1-2H3,(H,23,24,25). The summed E-state index contributed by atoms with van der Waals surface area (Å²) in [6.45, 7) is 3.54. The molecule has 1 saturated heterocycles. The molecule has 152 valence electrons. The average Bonchev–Trinajstić information content (AvgIpc) is 3.06. The van der Waals surface area contributed by atoms with Crippen LogP contribution in [-0.2, 0) is 11.8 Å². The van der Waals surface area contributed by atoms with Crippen molar-refractivity contribution in [3.8, 4) is 17.0 Å². The van der Waals surface area contributed by atoms with Crippen molar-refractivity contribution in [2.75, 3.05) is 18.5 Å². The van der Waals surface area contributed by atoms with Gasteiger partial charge in [-0.05, 0) is 49.3 Å². The zero-order valence-corrected chi connectivity index (χ0v) is 17.0. The van der Waals surface area contributed by atoms with E-state index in [1.807, 2.05) is 36.3 Å². The number of benzene rings is 1. The largest absolute Gasteiger partial charge is 0.469 e. The third-order valence-corrected chi connectivity index (χ3v) is 5.92. The molecule has 0 amide bonds. The lowest BCUT2D eigenvalue weighted by atomic mass is 9.87. The first-order valence-electron chi connectivity index (χ1n) is 10.5. The SMILES string of the molecule is CC1CCC(Nc2ncc(-c3ccc4nn(C)cc4c3)c(OC3COC3)n2)CC1. The van der Waals surface area contributed by atoms with Gasteiger partial charge < -0.3 is 14.8 Å². The highest BCUT2D eigenvalue weighted by molar-refractivity contribution is 5.85. The van der Waals surface area contributed by atoms with Gasteiger partial charge in [-0.15, -0.1) is 0 Å². The quantitative estimate of drug-likeness (QED) is 0.711. The normalized spacial score (nSPS) is 22.4. The molecule has 3 heterocycles. The minimum atomic E-state index is 0.0501. The van der Waals surface area contributed by atoms with E-state index in [4.69, 9.17) is 14.5 Å². The topological polar surface area (TPSA) is 74.1 Å². The van der Waals surface area contributed by atoms with Crippen LogP contribution in [0.5, 0.6) is 5.88 Å². The first-order valence-corrected chi connectivity index (χ1v) is 10.5. The van der Waals surface area contributed by atoms with Crippen LogP contribution in [0.1, 0.15) is 32.6 Å². The summed E-state index contributed by atoms with van der Waals surface area (Å²) in [5.41, 5.74) is 2.89. The molecule has 1 aliphatic heterocycles. The van der Waals surface area contributed by atoms with Gasteiger partial charge in [0.15, 0.2) is 0 Å². The maximum atomic E-state index is 6.16. The van der Waals surface area contributed by atoms with Gasteiger partial charge >= 0.3 is 0 Å². The van der Waals surface area contributed by atoms with E-state index in [1.54, 1.807) is 0 Å². The Bertz CT molecular complexity index is 1010. The van der Waals surface area contributed by atoms with Crippen LogP contribution in [0.15, 0.2) is 30.6 Å². The summed E-state index contributed by atoms with van der Waals surface area (Å²) in [5, 5.41) is 9.05. The molecule has 0 radical (unpaired) electrons. The average molecular weight is 393 g/mol. The molecule has 1 saturated carbocycles. The molecule has 0 unspecified atom stereocenters. The smallest absolute Gasteiger partial charge is 0.226 e. The third-order valence-electron chi connectivity index (χ3n) is 5.92. The molecule has 2 aliphatic rings. The molecule has 2 aromatic heterocycles. The van der Waals surface area contributed by atoms with Crippen LogP contribution < -0.4 is 10.1 Å². The Hall–Kier alpha value is -2.67. The predicted octanol–water partition coefficient (Wildman–Crippen LogP) is 3.80. The van der Waals surface area contributed by atoms with Crippen LogP contribution in [0.4, 0.5) is 5.95 Å². The van der Waals surface area contributed by atoms with Crippen LogP contribution in [0.3, 0.4) is 0 Å². The van der Waals surface area contributed by atoms with E-state index in [2.05, 4.69) is 28.4 Å². The van der Waals surface area contributed by atoms with Crippen LogP contribution in [0, 0.1) is 5.92 Å². The van der Waals surface area contributed by atoms with Gasteiger partial charge in [-0.1, -0.05) is 13.0 Å². The number of aromatic nitrogens is 4. The Labute approximate surface area is 170 Å². The molecule has 2 fully saturated rings. The van der Waals surface area contributed by atoms with Crippen molar-refractivity contribution in [3.63, 3.8) is 0 Å². The van der Waals surface area contributed by atoms with Crippen molar-refractivity contribution < 1.29 is 9.47 Å². The van der Waals surface area contributed by atoms with E-state index in [0.29, 0.717) is 31.1 Å². The van der Waals surface area contributed by atoms with Gasteiger partial charge in [-0.25, -0.2) is 4.98 Å². The van der Waals surface area contributed by atoms with Crippen LogP contribution in [0.2, 0.25) is 0 Å². The number of nitrogens with one attached hydrogen (secondary N) is 1. The van der Waals surface area contributed by atoms with Gasteiger partial charge in [0.05, 0.1) is 24.3 Å². The maximum absolute atomic E-state index is 6.16. The summed E-state index contributed by atoms with van der Waals surface area (Å²) >= 11 is 0. The molecule has 0 atom stereocenters. The Balaban J connectivity index is 1.44. The second-order valence-electron chi connectivity index (χ2n) is 8.37. The Morgan fingerprint density at radius 2 is 2.00 bits per heavy atom. The fraction of sp³-hybridized carbons (Fsp3) is 0.500. The summed E-state index contributed by atoms with van der Waals surface area (Å²) in [6.07, 6.45) is 8.77. The minimum Gasteiger partial charge on any atom is -0.469 e. The number of hydrogen-bond donors (Lipinski definition) is 1. The molecule has 1 aliphatic carbocycles. The molecule has 0 bridgehead atoms. The van der Waals surface area contributed by atoms with Crippen LogP contribution in [-0.4, -0.2) is 45.1 Å². The van der Waals surface area contributed by atoms with Gasteiger partial charge in [0.25, 0.3) is 0 Å². The number of aryl methyl sites for hydroxylation is 1. The van der Waals surface area contributed by atoms with E-state index in [9.17, 15) is 0 Å². The Morgan fingerprint density at radius 1 is 1.17 bits per heavy atom. The van der Waals surface area contributed by atoms with Crippen molar-refractivity contribution >= 4 is 16.9 Å². The molecule has 1 N–H and O–H groups in total. The molecule has 7 heteroatoms. The zero-order chi connectivity index (χ0) is 19.8. The van der Waals surface area contributed by atoms with Gasteiger partial charge in [0.1, 0.15) is 6.10 Å².